The number of anilines is 1. The van der Waals surface area contributed by atoms with Crippen LogP contribution in [0.3, 0.4) is 0 Å². The van der Waals surface area contributed by atoms with Crippen LogP contribution in [0.25, 0.3) is 0 Å². The lowest BCUT2D eigenvalue weighted by atomic mass is 10.1. The van der Waals surface area contributed by atoms with Crippen LogP contribution in [0.2, 0.25) is 10.0 Å². The average molecular weight is 480 g/mol. The van der Waals surface area contributed by atoms with E-state index in [-0.39, 0.29) is 34.3 Å². The maximum Gasteiger partial charge on any atom is 0.329 e. The van der Waals surface area contributed by atoms with E-state index in [1.165, 1.54) is 12.1 Å². The van der Waals surface area contributed by atoms with Crippen LogP contribution in [0, 0.1) is 5.82 Å². The Kier molecular flexibility index (Phi) is 5.49. The zero-order valence-corrected chi connectivity index (χ0v) is 18.4. The first-order valence-electron chi connectivity index (χ1n) is 10.3. The van der Waals surface area contributed by atoms with E-state index in [0.717, 1.165) is 4.90 Å². The Bertz CT molecular complexity index is 1100. The van der Waals surface area contributed by atoms with Crippen molar-refractivity contribution in [1.82, 2.24) is 10.2 Å². The van der Waals surface area contributed by atoms with Gasteiger partial charge in [0.25, 0.3) is 5.91 Å². The Morgan fingerprint density at radius 1 is 1.19 bits per heavy atom. The van der Waals surface area contributed by atoms with Crippen LogP contribution >= 0.6 is 23.2 Å². The van der Waals surface area contributed by atoms with Crippen molar-refractivity contribution < 1.29 is 23.8 Å². The van der Waals surface area contributed by atoms with Crippen LogP contribution in [0.1, 0.15) is 23.7 Å². The van der Waals surface area contributed by atoms with E-state index in [2.05, 4.69) is 10.2 Å². The second-order valence-corrected chi connectivity index (χ2v) is 9.05. The van der Waals surface area contributed by atoms with Gasteiger partial charge in [-0.05, 0) is 42.7 Å². The highest BCUT2D eigenvalue weighted by Crippen LogP contribution is 2.43. The number of imide groups is 1. The number of urea groups is 1. The molecule has 0 spiro atoms. The molecule has 2 aromatic carbocycles. The van der Waals surface area contributed by atoms with Gasteiger partial charge in [-0.1, -0.05) is 23.2 Å². The largest absolute Gasteiger partial charge is 0.482 e. The van der Waals surface area contributed by atoms with Crippen LogP contribution in [0.5, 0.6) is 5.75 Å². The Labute approximate surface area is 193 Å². The highest BCUT2D eigenvalue weighted by molar-refractivity contribution is 6.32. The third-order valence-electron chi connectivity index (χ3n) is 6.20. The van der Waals surface area contributed by atoms with E-state index in [1.54, 1.807) is 18.2 Å². The number of nitrogens with one attached hydrogen (secondary N) is 1. The number of aliphatic hydroxyl groups excluding tert-OH is 1. The minimum absolute atomic E-state index is 0.0786. The molecule has 7 nitrogen and oxygen atoms in total. The van der Waals surface area contributed by atoms with Crippen molar-refractivity contribution in [3.63, 3.8) is 0 Å². The number of ether oxygens (including phenoxy) is 1. The smallest absolute Gasteiger partial charge is 0.329 e. The van der Waals surface area contributed by atoms with Crippen LogP contribution in [-0.4, -0.2) is 53.7 Å². The van der Waals surface area contributed by atoms with Crippen LogP contribution in [0.4, 0.5) is 14.9 Å². The molecule has 2 saturated heterocycles. The summed E-state index contributed by atoms with van der Waals surface area (Å²) in [5.74, 6) is -0.519. The topological polar surface area (TPSA) is 82.1 Å². The summed E-state index contributed by atoms with van der Waals surface area (Å²) >= 11 is 12.5. The normalized spacial score (nSPS) is 25.4. The highest BCUT2D eigenvalue weighted by Gasteiger charge is 2.42. The summed E-state index contributed by atoms with van der Waals surface area (Å²) < 4.78 is 21.0. The summed E-state index contributed by atoms with van der Waals surface area (Å²) in [6.07, 6.45) is -0.00980. The van der Waals surface area contributed by atoms with Gasteiger partial charge in [0.15, 0.2) is 0 Å². The van der Waals surface area contributed by atoms with Crippen LogP contribution in [-0.2, 0) is 11.2 Å². The second kappa shape index (κ2) is 8.19. The minimum Gasteiger partial charge on any atom is -0.482 e. The molecule has 2 fully saturated rings. The quantitative estimate of drug-likeness (QED) is 0.657. The monoisotopic (exact) mass is 479 g/mol. The molecular formula is C22H20Cl2FN3O4. The highest BCUT2D eigenvalue weighted by atomic mass is 35.5. The Balaban J connectivity index is 1.52. The summed E-state index contributed by atoms with van der Waals surface area (Å²) in [5, 5.41) is 13.1. The van der Waals surface area contributed by atoms with E-state index in [9.17, 15) is 19.1 Å². The molecule has 2 N–H and O–H groups in total. The van der Waals surface area contributed by atoms with E-state index in [4.69, 9.17) is 27.9 Å². The number of aliphatic hydroxyl groups is 1. The molecule has 1 unspecified atom stereocenters. The number of carbonyl (C=O) groups excluding carboxylic acids is 2. The SMILES string of the molecule is O=C1CNC(=O)N1c1ccc(Cl)c(O[C@H]2c3cc(Cl)cc(F)c3C[C@@H]2N2CCC(O)C2)c1. The lowest BCUT2D eigenvalue weighted by Gasteiger charge is -2.30. The molecule has 3 aliphatic rings. The second-order valence-electron chi connectivity index (χ2n) is 8.21. The Hall–Kier alpha value is -2.39. The molecule has 0 saturated carbocycles. The molecule has 2 heterocycles. The molecule has 2 aliphatic heterocycles. The van der Waals surface area contributed by atoms with Crippen LogP contribution < -0.4 is 15.0 Å². The standard InChI is InChI=1S/C22H20Cl2FN3O4/c23-11-5-15-14(17(25)6-11)8-18(27-4-3-13(29)10-27)21(15)32-19-7-12(1-2-16(19)24)28-20(30)9-26-22(28)31/h1-2,5-7,13,18,21,29H,3-4,8-10H2,(H,26,31)/t13?,18-,21-/m0/s1. The molecule has 0 bridgehead atoms. The molecule has 5 rings (SSSR count). The molecule has 1 aliphatic carbocycles. The van der Waals surface area contributed by atoms with E-state index in [1.807, 2.05) is 0 Å². The fourth-order valence-electron chi connectivity index (χ4n) is 4.69. The number of carbonyl (C=O) groups is 2. The van der Waals surface area contributed by atoms with Crippen molar-refractivity contribution in [1.29, 1.82) is 0 Å². The molecule has 168 valence electrons. The van der Waals surface area contributed by atoms with Crippen molar-refractivity contribution in [2.24, 2.45) is 0 Å². The zero-order chi connectivity index (χ0) is 22.6. The first-order chi connectivity index (χ1) is 15.3. The number of benzene rings is 2. The number of nitrogens with zero attached hydrogens (tertiary/aromatic N) is 2. The van der Waals surface area contributed by atoms with Crippen molar-refractivity contribution in [2.75, 3.05) is 24.5 Å². The Morgan fingerprint density at radius 3 is 2.69 bits per heavy atom. The Morgan fingerprint density at radius 2 is 2.00 bits per heavy atom. The number of likely N-dealkylation sites (tertiary alicyclic amines) is 1. The fraction of sp³-hybridized carbons (Fsp3) is 0.364. The fourth-order valence-corrected chi connectivity index (χ4v) is 5.07. The first-order valence-corrected chi connectivity index (χ1v) is 11.0. The van der Waals surface area contributed by atoms with Crippen molar-refractivity contribution in [3.05, 3.63) is 57.3 Å². The maximum atomic E-state index is 14.7. The summed E-state index contributed by atoms with van der Waals surface area (Å²) in [6.45, 7) is 1.04. The lowest BCUT2D eigenvalue weighted by Crippen LogP contribution is -2.39. The van der Waals surface area contributed by atoms with Crippen molar-refractivity contribution in [3.8, 4) is 5.75 Å². The van der Waals surface area contributed by atoms with Crippen LogP contribution in [0.15, 0.2) is 30.3 Å². The third kappa shape index (κ3) is 3.71. The minimum atomic E-state index is -0.598. The van der Waals surface area contributed by atoms with Crippen molar-refractivity contribution >= 4 is 40.8 Å². The molecule has 10 heteroatoms. The number of β-amino-alcohol motifs (C(OH)–C–C–N with tert-alkyl or cyclic N) is 1. The lowest BCUT2D eigenvalue weighted by molar-refractivity contribution is -0.115. The predicted octanol–water partition coefficient (Wildman–Crippen LogP) is 3.30. The van der Waals surface area contributed by atoms with Gasteiger partial charge in [-0.3, -0.25) is 9.69 Å². The van der Waals surface area contributed by atoms with Gasteiger partial charge >= 0.3 is 6.03 Å². The van der Waals surface area contributed by atoms with Gasteiger partial charge in [-0.25, -0.2) is 14.1 Å². The van der Waals surface area contributed by atoms with E-state index in [0.29, 0.717) is 42.7 Å². The van der Waals surface area contributed by atoms with Gasteiger partial charge < -0.3 is 15.2 Å². The molecule has 3 atom stereocenters. The molecular weight excluding hydrogens is 460 g/mol. The van der Waals surface area contributed by atoms with E-state index < -0.39 is 24.1 Å². The summed E-state index contributed by atoms with van der Waals surface area (Å²) in [7, 11) is 0. The number of fused-ring (bicyclic) bond motifs is 1. The van der Waals surface area contributed by atoms with Gasteiger partial charge in [-0.2, -0.15) is 0 Å². The van der Waals surface area contributed by atoms with Gasteiger partial charge in [-0.15, -0.1) is 0 Å². The van der Waals surface area contributed by atoms with Crippen molar-refractivity contribution in [2.45, 2.75) is 31.1 Å². The first kappa shape index (κ1) is 21.5. The van der Waals surface area contributed by atoms with Gasteiger partial charge in [0.1, 0.15) is 17.7 Å². The molecule has 2 aromatic rings. The van der Waals surface area contributed by atoms with E-state index >= 15 is 0 Å². The third-order valence-corrected chi connectivity index (χ3v) is 6.73. The number of halogens is 3. The maximum absolute atomic E-state index is 14.7. The number of hydrogen-bond acceptors (Lipinski definition) is 5. The molecule has 0 aromatic heterocycles. The van der Waals surface area contributed by atoms with Gasteiger partial charge in [0.2, 0.25) is 0 Å². The summed E-state index contributed by atoms with van der Waals surface area (Å²) in [6, 6.07) is 6.86. The molecule has 0 radical (unpaired) electrons. The zero-order valence-electron chi connectivity index (χ0n) is 16.9. The molecule has 32 heavy (non-hydrogen) atoms. The number of hydrogen-bond donors (Lipinski definition) is 2. The number of amides is 3. The van der Waals surface area contributed by atoms with Gasteiger partial charge in [0.05, 0.1) is 29.4 Å². The van der Waals surface area contributed by atoms with Gasteiger partial charge in [0, 0.05) is 29.7 Å². The summed E-state index contributed by atoms with van der Waals surface area (Å²) in [5.41, 5.74) is 1.47. The number of rotatable bonds is 4. The summed E-state index contributed by atoms with van der Waals surface area (Å²) in [4.78, 5) is 27.3. The predicted molar refractivity (Wildman–Crippen MR) is 117 cm³/mol. The molecule has 3 amide bonds. The average Bonchev–Trinajstić information content (AvgIpc) is 3.42.